The van der Waals surface area contributed by atoms with Crippen molar-refractivity contribution in [3.63, 3.8) is 0 Å². The summed E-state index contributed by atoms with van der Waals surface area (Å²) in [6.45, 7) is 2.09. The molecule has 230 valence electrons. The monoisotopic (exact) mass is 624 g/mol. The van der Waals surface area contributed by atoms with Crippen LogP contribution in [0.25, 0.3) is 11.1 Å². The number of aryl methyl sites for hydroxylation is 1. The highest BCUT2D eigenvalue weighted by molar-refractivity contribution is 5.64. The van der Waals surface area contributed by atoms with Gasteiger partial charge in [0.25, 0.3) is 0 Å². The summed E-state index contributed by atoms with van der Waals surface area (Å²) in [5, 5.41) is 0. The molecule has 0 unspecified atom stereocenters. The second-order valence-corrected chi connectivity index (χ2v) is 9.79. The molecule has 0 aliphatic heterocycles. The van der Waals surface area contributed by atoms with Crippen LogP contribution >= 0.6 is 0 Å². The summed E-state index contributed by atoms with van der Waals surface area (Å²) in [4.78, 5) is 0. The Morgan fingerprint density at radius 3 is 1.77 bits per heavy atom. The standard InChI is InChI=1S/C33H22F10O/c1-2-3-4-5-19-6-9-21(10-7-19)22-11-13-25(28(36)16-22)33(42,43)44-23-17-26(34)24(27(35)18-23)12-8-20-14-29(37)31(30(38)15-20)32(39,40)41/h6-7,9-11,13-18H,2-5H2,1H3. The molecular formula is C33H22F10O. The fourth-order valence-electron chi connectivity index (χ4n) is 4.36. The Morgan fingerprint density at radius 2 is 1.23 bits per heavy atom. The lowest BCUT2D eigenvalue weighted by atomic mass is 10.00. The van der Waals surface area contributed by atoms with Gasteiger partial charge in [-0.15, -0.1) is 0 Å². The molecule has 11 heteroatoms. The predicted octanol–water partition coefficient (Wildman–Crippen LogP) is 10.3. The molecule has 0 radical (unpaired) electrons. The van der Waals surface area contributed by atoms with E-state index in [0.717, 1.165) is 43.4 Å². The van der Waals surface area contributed by atoms with Crippen LogP contribution < -0.4 is 4.74 Å². The second kappa shape index (κ2) is 13.0. The highest BCUT2D eigenvalue weighted by Gasteiger charge is 2.39. The fourth-order valence-corrected chi connectivity index (χ4v) is 4.36. The average Bonchev–Trinajstić information content (AvgIpc) is 2.91. The zero-order chi connectivity index (χ0) is 32.2. The number of ether oxygens (including phenoxy) is 1. The van der Waals surface area contributed by atoms with E-state index in [-0.39, 0.29) is 12.1 Å². The normalized spacial score (nSPS) is 11.7. The summed E-state index contributed by atoms with van der Waals surface area (Å²) in [5.41, 5.74) is -3.11. The molecule has 4 aromatic carbocycles. The van der Waals surface area contributed by atoms with E-state index in [2.05, 4.69) is 11.7 Å². The predicted molar refractivity (Wildman–Crippen MR) is 143 cm³/mol. The summed E-state index contributed by atoms with van der Waals surface area (Å²) < 4.78 is 144. The zero-order valence-corrected chi connectivity index (χ0v) is 22.9. The number of hydrogen-bond acceptors (Lipinski definition) is 1. The van der Waals surface area contributed by atoms with E-state index >= 15 is 0 Å². The molecule has 4 aromatic rings. The highest BCUT2D eigenvalue weighted by Crippen LogP contribution is 2.36. The maximum atomic E-state index is 14.9. The van der Waals surface area contributed by atoms with Gasteiger partial charge in [0, 0.05) is 17.7 Å². The van der Waals surface area contributed by atoms with Crippen molar-refractivity contribution in [2.45, 2.75) is 44.9 Å². The molecule has 0 atom stereocenters. The number of halogens is 10. The Hall–Kier alpha value is -4.46. The molecule has 0 bridgehead atoms. The van der Waals surface area contributed by atoms with Crippen molar-refractivity contribution < 1.29 is 48.6 Å². The Balaban J connectivity index is 1.52. The van der Waals surface area contributed by atoms with E-state index in [1.54, 1.807) is 12.1 Å². The lowest BCUT2D eigenvalue weighted by Crippen LogP contribution is -2.23. The summed E-state index contributed by atoms with van der Waals surface area (Å²) >= 11 is 0. The van der Waals surface area contributed by atoms with Crippen LogP contribution in [0, 0.1) is 40.9 Å². The van der Waals surface area contributed by atoms with Crippen LogP contribution in [0.4, 0.5) is 43.9 Å². The molecule has 44 heavy (non-hydrogen) atoms. The molecular weight excluding hydrogens is 602 g/mol. The lowest BCUT2D eigenvalue weighted by Gasteiger charge is -2.19. The maximum Gasteiger partial charge on any atom is 0.429 e. The SMILES string of the molecule is CCCCCc1ccc(-c2ccc(C(F)(F)Oc3cc(F)c(C#Cc4cc(F)c(C(F)(F)F)c(F)c4)c(F)c3)c(F)c2)cc1. The first-order valence-electron chi connectivity index (χ1n) is 13.2. The van der Waals surface area contributed by atoms with Crippen LogP contribution in [0.2, 0.25) is 0 Å². The Morgan fingerprint density at radius 1 is 0.636 bits per heavy atom. The van der Waals surface area contributed by atoms with E-state index < -0.39 is 69.4 Å². The average molecular weight is 625 g/mol. The van der Waals surface area contributed by atoms with Crippen molar-refractivity contribution in [2.24, 2.45) is 0 Å². The van der Waals surface area contributed by atoms with Gasteiger partial charge in [-0.05, 0) is 53.8 Å². The molecule has 1 nitrogen and oxygen atoms in total. The van der Waals surface area contributed by atoms with Crippen LogP contribution in [0.5, 0.6) is 5.75 Å². The molecule has 0 N–H and O–H groups in total. The van der Waals surface area contributed by atoms with E-state index in [1.165, 1.54) is 6.07 Å². The van der Waals surface area contributed by atoms with Gasteiger partial charge in [0.1, 0.15) is 40.4 Å². The molecule has 0 aliphatic carbocycles. The minimum Gasteiger partial charge on any atom is -0.429 e. The van der Waals surface area contributed by atoms with E-state index in [9.17, 15) is 43.9 Å². The minimum absolute atomic E-state index is 0.218. The first kappa shape index (κ1) is 32.5. The number of unbranched alkanes of at least 4 members (excludes halogenated alkanes) is 2. The van der Waals surface area contributed by atoms with Crippen molar-refractivity contribution in [2.75, 3.05) is 0 Å². The van der Waals surface area contributed by atoms with Gasteiger partial charge in [0.15, 0.2) is 0 Å². The first-order chi connectivity index (χ1) is 20.7. The lowest BCUT2D eigenvalue weighted by molar-refractivity contribution is -0.187. The third-order valence-electron chi connectivity index (χ3n) is 6.56. The topological polar surface area (TPSA) is 9.23 Å². The van der Waals surface area contributed by atoms with Gasteiger partial charge in [-0.25, -0.2) is 22.0 Å². The van der Waals surface area contributed by atoms with Gasteiger partial charge in [0.05, 0.1) is 11.1 Å². The second-order valence-electron chi connectivity index (χ2n) is 9.79. The fraction of sp³-hybridized carbons (Fsp3) is 0.212. The van der Waals surface area contributed by atoms with Gasteiger partial charge in [-0.1, -0.05) is 61.9 Å². The quantitative estimate of drug-likeness (QED) is 0.108. The largest absolute Gasteiger partial charge is 0.429 e. The summed E-state index contributed by atoms with van der Waals surface area (Å²) in [7, 11) is 0. The molecule has 4 rings (SSSR count). The molecule has 0 aromatic heterocycles. The zero-order valence-electron chi connectivity index (χ0n) is 22.9. The molecule has 0 amide bonds. The van der Waals surface area contributed by atoms with Crippen molar-refractivity contribution >= 4 is 0 Å². The third-order valence-corrected chi connectivity index (χ3v) is 6.56. The molecule has 0 fully saturated rings. The molecule has 0 heterocycles. The van der Waals surface area contributed by atoms with Crippen LogP contribution in [0.15, 0.2) is 66.7 Å². The third kappa shape index (κ3) is 7.54. The van der Waals surface area contributed by atoms with Crippen molar-refractivity contribution in [1.82, 2.24) is 0 Å². The van der Waals surface area contributed by atoms with E-state index in [0.29, 0.717) is 23.3 Å². The van der Waals surface area contributed by atoms with Gasteiger partial charge >= 0.3 is 12.3 Å². The summed E-state index contributed by atoms with van der Waals surface area (Å²) in [6.07, 6.45) is -5.65. The van der Waals surface area contributed by atoms with Crippen molar-refractivity contribution in [3.05, 3.63) is 124 Å². The van der Waals surface area contributed by atoms with Gasteiger partial charge in [0.2, 0.25) is 0 Å². The number of alkyl halides is 5. The van der Waals surface area contributed by atoms with Gasteiger partial charge < -0.3 is 4.74 Å². The summed E-state index contributed by atoms with van der Waals surface area (Å²) in [6, 6.07) is 11.2. The van der Waals surface area contributed by atoms with Gasteiger partial charge in [-0.2, -0.15) is 22.0 Å². The first-order valence-corrected chi connectivity index (χ1v) is 13.2. The minimum atomic E-state index is -5.33. The van der Waals surface area contributed by atoms with E-state index in [1.807, 2.05) is 24.0 Å². The highest BCUT2D eigenvalue weighted by atomic mass is 19.4. The van der Waals surface area contributed by atoms with E-state index in [4.69, 9.17) is 0 Å². The maximum absolute atomic E-state index is 14.9. The van der Waals surface area contributed by atoms with Crippen LogP contribution in [-0.2, 0) is 18.7 Å². The smallest absolute Gasteiger partial charge is 0.429 e. The van der Waals surface area contributed by atoms with Crippen LogP contribution in [0.3, 0.4) is 0 Å². The van der Waals surface area contributed by atoms with Crippen LogP contribution in [-0.4, -0.2) is 0 Å². The Kier molecular flexibility index (Phi) is 9.62. The van der Waals surface area contributed by atoms with Crippen LogP contribution in [0.1, 0.15) is 54.0 Å². The van der Waals surface area contributed by atoms with Crippen molar-refractivity contribution in [3.8, 4) is 28.7 Å². The summed E-state index contributed by atoms with van der Waals surface area (Å²) in [5.74, 6) is -5.65. The Labute approximate surface area is 246 Å². The Bertz CT molecular complexity index is 1670. The molecule has 0 spiro atoms. The number of rotatable bonds is 8. The van der Waals surface area contributed by atoms with Crippen molar-refractivity contribution in [1.29, 1.82) is 0 Å². The number of benzene rings is 4. The molecule has 0 saturated carbocycles. The molecule has 0 aliphatic rings. The molecule has 0 saturated heterocycles. The number of hydrogen-bond donors (Lipinski definition) is 0. The van der Waals surface area contributed by atoms with Gasteiger partial charge in [-0.3, -0.25) is 0 Å².